The number of nitrogens with zero attached hydrogens (tertiary/aromatic N) is 3. The van der Waals surface area contributed by atoms with Crippen LogP contribution in [0.3, 0.4) is 0 Å². The lowest BCUT2D eigenvalue weighted by atomic mass is 10.2. The van der Waals surface area contributed by atoms with E-state index in [0.717, 1.165) is 19.4 Å². The molecule has 7 heteroatoms. The van der Waals surface area contributed by atoms with Gasteiger partial charge in [0, 0.05) is 13.6 Å². The third-order valence-corrected chi connectivity index (χ3v) is 2.85. The molecule has 1 aliphatic heterocycles. The van der Waals surface area contributed by atoms with Crippen molar-refractivity contribution in [2.75, 3.05) is 18.5 Å². The van der Waals surface area contributed by atoms with Gasteiger partial charge in [0.2, 0.25) is 11.8 Å². The Morgan fingerprint density at radius 2 is 2.50 bits per heavy atom. The summed E-state index contributed by atoms with van der Waals surface area (Å²) in [7, 11) is 1.62. The summed E-state index contributed by atoms with van der Waals surface area (Å²) in [5, 5.41) is 10.3. The second kappa shape index (κ2) is 4.69. The Balaban J connectivity index is 2.16. The van der Waals surface area contributed by atoms with Gasteiger partial charge in [-0.25, -0.2) is 0 Å². The molecule has 6 nitrogen and oxygen atoms in total. The highest BCUT2D eigenvalue weighted by Crippen LogP contribution is 2.24. The number of carbonyl (C=O) groups excluding carboxylic acids is 1. The number of aromatic nitrogens is 2. The lowest BCUT2D eigenvalue weighted by Gasteiger charge is -2.20. The molecule has 88 valence electrons. The Hall–Kier alpha value is -1.30. The van der Waals surface area contributed by atoms with Crippen molar-refractivity contribution in [2.45, 2.75) is 24.8 Å². The average molecular weight is 245 g/mol. The second-order valence-electron chi connectivity index (χ2n) is 3.58. The molecule has 0 saturated carbocycles. The second-order valence-corrected chi connectivity index (χ2v) is 3.84. The smallest absolute Gasteiger partial charge is 0.318 e. The number of alkyl halides is 1. The maximum atomic E-state index is 11.6. The zero-order valence-corrected chi connectivity index (χ0v) is 9.70. The molecule has 1 atom stereocenters. The molecule has 0 aliphatic carbocycles. The number of hydrogen-bond acceptors (Lipinski definition) is 5. The van der Waals surface area contributed by atoms with Crippen molar-refractivity contribution < 1.29 is 9.21 Å². The van der Waals surface area contributed by atoms with E-state index in [2.05, 4.69) is 15.5 Å². The van der Waals surface area contributed by atoms with E-state index in [1.54, 1.807) is 7.05 Å². The molecule has 1 aromatic heterocycles. The van der Waals surface area contributed by atoms with Crippen LogP contribution in [0.5, 0.6) is 0 Å². The summed E-state index contributed by atoms with van der Waals surface area (Å²) in [6, 6.07) is 0.162. The van der Waals surface area contributed by atoms with Crippen molar-refractivity contribution in [3.63, 3.8) is 0 Å². The third kappa shape index (κ3) is 1.97. The van der Waals surface area contributed by atoms with Crippen LogP contribution in [0.1, 0.15) is 18.7 Å². The van der Waals surface area contributed by atoms with Gasteiger partial charge in [-0.2, -0.15) is 0 Å². The fraction of sp³-hybridized carbons (Fsp3) is 0.667. The third-order valence-electron chi connectivity index (χ3n) is 2.62. The van der Waals surface area contributed by atoms with Gasteiger partial charge < -0.3 is 14.6 Å². The Bertz CT molecular complexity index is 381. The van der Waals surface area contributed by atoms with Crippen LogP contribution in [-0.2, 0) is 10.7 Å². The van der Waals surface area contributed by atoms with Gasteiger partial charge >= 0.3 is 6.01 Å². The fourth-order valence-corrected chi connectivity index (χ4v) is 1.96. The summed E-state index contributed by atoms with van der Waals surface area (Å²) in [5.74, 6) is 0.535. The minimum absolute atomic E-state index is 0.0249. The molecule has 0 bridgehead atoms. The zero-order valence-electron chi connectivity index (χ0n) is 8.94. The lowest BCUT2D eigenvalue weighted by molar-refractivity contribution is -0.121. The van der Waals surface area contributed by atoms with E-state index in [0.29, 0.717) is 11.9 Å². The minimum Gasteiger partial charge on any atom is -0.407 e. The van der Waals surface area contributed by atoms with Crippen LogP contribution < -0.4 is 10.2 Å². The summed E-state index contributed by atoms with van der Waals surface area (Å²) >= 11 is 5.58. The topological polar surface area (TPSA) is 71.3 Å². The first-order valence-corrected chi connectivity index (χ1v) is 5.66. The highest BCUT2D eigenvalue weighted by atomic mass is 35.5. The molecule has 1 N–H and O–H groups in total. The van der Waals surface area contributed by atoms with Gasteiger partial charge in [-0.1, -0.05) is 5.10 Å². The van der Waals surface area contributed by atoms with Gasteiger partial charge in [0.1, 0.15) is 11.9 Å². The lowest BCUT2D eigenvalue weighted by Crippen LogP contribution is -2.42. The van der Waals surface area contributed by atoms with Crippen molar-refractivity contribution in [3.05, 3.63) is 5.89 Å². The summed E-state index contributed by atoms with van der Waals surface area (Å²) in [5.41, 5.74) is 0. The highest BCUT2D eigenvalue weighted by molar-refractivity contribution is 6.16. The van der Waals surface area contributed by atoms with Crippen LogP contribution >= 0.6 is 11.6 Å². The first-order chi connectivity index (χ1) is 7.76. The van der Waals surface area contributed by atoms with Gasteiger partial charge in [0.25, 0.3) is 0 Å². The van der Waals surface area contributed by atoms with Crippen LogP contribution in [-0.4, -0.2) is 35.7 Å². The number of amides is 1. The molecule has 1 saturated heterocycles. The molecule has 0 radical (unpaired) electrons. The molecular formula is C9H13ClN4O2. The average Bonchev–Trinajstić information content (AvgIpc) is 2.95. The van der Waals surface area contributed by atoms with E-state index in [4.69, 9.17) is 16.0 Å². The minimum atomic E-state index is -0.214. The fourth-order valence-electron chi connectivity index (χ4n) is 1.85. The Morgan fingerprint density at radius 1 is 1.69 bits per heavy atom. The van der Waals surface area contributed by atoms with Crippen molar-refractivity contribution in [1.29, 1.82) is 0 Å². The number of nitrogens with one attached hydrogen (secondary N) is 1. The first kappa shape index (κ1) is 11.2. The summed E-state index contributed by atoms with van der Waals surface area (Å²) in [6.45, 7) is 0.752. The summed E-state index contributed by atoms with van der Waals surface area (Å²) < 4.78 is 5.33. The van der Waals surface area contributed by atoms with Crippen LogP contribution in [0.2, 0.25) is 0 Å². The van der Waals surface area contributed by atoms with Crippen molar-refractivity contribution in [1.82, 2.24) is 15.5 Å². The molecule has 0 spiro atoms. The molecular weight excluding hydrogens is 232 g/mol. The van der Waals surface area contributed by atoms with E-state index in [1.807, 2.05) is 4.90 Å². The predicted octanol–water partition coefficient (Wildman–Crippen LogP) is 0.523. The van der Waals surface area contributed by atoms with E-state index in [9.17, 15) is 4.79 Å². The molecule has 1 aliphatic rings. The van der Waals surface area contributed by atoms with Gasteiger partial charge in [-0.3, -0.25) is 4.79 Å². The molecule has 1 fully saturated rings. The number of halogens is 1. The van der Waals surface area contributed by atoms with Crippen molar-refractivity contribution in [3.8, 4) is 0 Å². The molecule has 0 aromatic carbocycles. The maximum absolute atomic E-state index is 11.6. The molecule has 16 heavy (non-hydrogen) atoms. The Labute approximate surface area is 98.0 Å². The Morgan fingerprint density at radius 3 is 3.12 bits per heavy atom. The number of rotatable bonds is 3. The van der Waals surface area contributed by atoms with E-state index in [1.165, 1.54) is 0 Å². The zero-order chi connectivity index (χ0) is 11.5. The van der Waals surface area contributed by atoms with Crippen LogP contribution in [0.15, 0.2) is 4.42 Å². The largest absolute Gasteiger partial charge is 0.407 e. The Kier molecular flexibility index (Phi) is 3.28. The quantitative estimate of drug-likeness (QED) is 0.785. The van der Waals surface area contributed by atoms with Gasteiger partial charge in [0.05, 0.1) is 0 Å². The maximum Gasteiger partial charge on any atom is 0.318 e. The molecule has 1 amide bonds. The predicted molar refractivity (Wildman–Crippen MR) is 58.3 cm³/mol. The first-order valence-electron chi connectivity index (χ1n) is 5.13. The standard InChI is InChI=1S/C9H13ClN4O2/c1-11-8(15)6-3-2-4-14(6)9-13-12-7(5-10)16-9/h6H,2-5H2,1H3,(H,11,15). The molecule has 1 unspecified atom stereocenters. The van der Waals surface area contributed by atoms with Gasteiger partial charge in [0.15, 0.2) is 0 Å². The number of carbonyl (C=O) groups is 1. The SMILES string of the molecule is CNC(=O)C1CCCN1c1nnc(CCl)o1. The van der Waals surface area contributed by atoms with Crippen molar-refractivity contribution in [2.24, 2.45) is 0 Å². The van der Waals surface area contributed by atoms with Gasteiger partial charge in [-0.05, 0) is 12.8 Å². The van der Waals surface area contributed by atoms with Crippen LogP contribution in [0.4, 0.5) is 6.01 Å². The van der Waals surface area contributed by atoms with E-state index < -0.39 is 0 Å². The normalized spacial score (nSPS) is 20.1. The monoisotopic (exact) mass is 244 g/mol. The number of hydrogen-bond donors (Lipinski definition) is 1. The van der Waals surface area contributed by atoms with Crippen LogP contribution in [0.25, 0.3) is 0 Å². The summed E-state index contributed by atoms with van der Waals surface area (Å²) in [4.78, 5) is 13.4. The van der Waals surface area contributed by atoms with E-state index in [-0.39, 0.29) is 17.8 Å². The van der Waals surface area contributed by atoms with Crippen molar-refractivity contribution >= 4 is 23.5 Å². The number of anilines is 1. The highest BCUT2D eigenvalue weighted by Gasteiger charge is 2.33. The molecule has 1 aromatic rings. The van der Waals surface area contributed by atoms with Crippen LogP contribution in [0, 0.1) is 0 Å². The molecule has 2 rings (SSSR count). The summed E-state index contributed by atoms with van der Waals surface area (Å²) in [6.07, 6.45) is 1.74. The molecule has 2 heterocycles. The number of likely N-dealkylation sites (N-methyl/N-ethyl adjacent to an activating group) is 1. The van der Waals surface area contributed by atoms with Gasteiger partial charge in [-0.15, -0.1) is 16.7 Å². The van der Waals surface area contributed by atoms with E-state index >= 15 is 0 Å².